The van der Waals surface area contributed by atoms with Crippen molar-refractivity contribution in [1.29, 1.82) is 0 Å². The summed E-state index contributed by atoms with van der Waals surface area (Å²) in [6.45, 7) is 9.89. The molecule has 0 unspecified atom stereocenters. The molecule has 0 aliphatic rings. The summed E-state index contributed by atoms with van der Waals surface area (Å²) in [5.41, 5.74) is -0.296. The number of nitrogens with one attached hydrogen (secondary N) is 3. The van der Waals surface area contributed by atoms with Crippen molar-refractivity contribution in [2.24, 2.45) is 4.99 Å². The monoisotopic (exact) mass is 297 g/mol. The average molecular weight is 297 g/mol. The first-order valence-electron chi connectivity index (χ1n) is 6.80. The van der Waals surface area contributed by atoms with E-state index in [0.29, 0.717) is 12.5 Å². The predicted octanol–water partition coefficient (Wildman–Crippen LogP) is -0.289. The van der Waals surface area contributed by atoms with Gasteiger partial charge in [0.2, 0.25) is 11.8 Å². The van der Waals surface area contributed by atoms with Crippen molar-refractivity contribution in [2.75, 3.05) is 33.7 Å². The third kappa shape index (κ3) is 10.4. The van der Waals surface area contributed by atoms with Gasteiger partial charge in [0.25, 0.3) is 0 Å². The largest absolute Gasteiger partial charge is 0.353 e. The Labute approximate surface area is 126 Å². The highest BCUT2D eigenvalue weighted by atomic mass is 16.2. The van der Waals surface area contributed by atoms with Gasteiger partial charge < -0.3 is 20.9 Å². The first-order valence-corrected chi connectivity index (χ1v) is 6.80. The maximum atomic E-state index is 11.7. The van der Waals surface area contributed by atoms with E-state index in [4.69, 9.17) is 0 Å². The van der Waals surface area contributed by atoms with Gasteiger partial charge in [-0.3, -0.25) is 9.59 Å². The minimum atomic E-state index is -0.296. The molecule has 0 spiro atoms. The molecular formula is C14H27N5O2. The molecule has 3 N–H and O–H groups in total. The lowest BCUT2D eigenvalue weighted by atomic mass is 10.1. The zero-order valence-corrected chi connectivity index (χ0v) is 13.6. The lowest BCUT2D eigenvalue weighted by Gasteiger charge is -2.20. The van der Waals surface area contributed by atoms with E-state index in [1.54, 1.807) is 20.2 Å². The van der Waals surface area contributed by atoms with Crippen LogP contribution < -0.4 is 16.0 Å². The van der Waals surface area contributed by atoms with Gasteiger partial charge in [0, 0.05) is 26.2 Å². The normalized spacial score (nSPS) is 11.6. The molecule has 0 heterocycles. The van der Waals surface area contributed by atoms with Gasteiger partial charge in [0.15, 0.2) is 5.96 Å². The van der Waals surface area contributed by atoms with Crippen molar-refractivity contribution in [3.63, 3.8) is 0 Å². The molecule has 0 rings (SSSR count). The van der Waals surface area contributed by atoms with Crippen LogP contribution in [0, 0.1) is 0 Å². The molecule has 0 aromatic carbocycles. The molecule has 0 aromatic heterocycles. The highest BCUT2D eigenvalue weighted by Gasteiger charge is 2.13. The summed E-state index contributed by atoms with van der Waals surface area (Å²) in [5, 5.41) is 8.64. The minimum Gasteiger partial charge on any atom is -0.353 e. The minimum absolute atomic E-state index is 0.0140. The second-order valence-corrected chi connectivity index (χ2v) is 5.77. The summed E-state index contributed by atoms with van der Waals surface area (Å²) in [4.78, 5) is 28.9. The number of nitrogens with zero attached hydrogens (tertiary/aromatic N) is 2. The van der Waals surface area contributed by atoms with Crippen molar-refractivity contribution >= 4 is 17.8 Å². The summed E-state index contributed by atoms with van der Waals surface area (Å²) >= 11 is 0. The van der Waals surface area contributed by atoms with Crippen LogP contribution in [0.4, 0.5) is 0 Å². The number of rotatable bonds is 6. The fraction of sp³-hybridized carbons (Fsp3) is 0.643. The Kier molecular flexibility index (Phi) is 8.11. The lowest BCUT2D eigenvalue weighted by Crippen LogP contribution is -2.45. The van der Waals surface area contributed by atoms with Crippen LogP contribution in [0.5, 0.6) is 0 Å². The standard InChI is InChI=1S/C14H27N5O2/c1-7-8-15-13(17-10-12(21)19(5)6)16-9-11(20)18-14(2,3)4/h7H,1,8-10H2,2-6H3,(H,18,20)(H2,15,16,17). The molecule has 7 nitrogen and oxygen atoms in total. The third-order valence-corrected chi connectivity index (χ3v) is 2.21. The van der Waals surface area contributed by atoms with Crippen LogP contribution in [-0.4, -0.2) is 61.9 Å². The molecule has 0 aliphatic heterocycles. The van der Waals surface area contributed by atoms with Crippen molar-refractivity contribution in [3.8, 4) is 0 Å². The van der Waals surface area contributed by atoms with Gasteiger partial charge in [-0.2, -0.15) is 0 Å². The van der Waals surface area contributed by atoms with Gasteiger partial charge in [-0.25, -0.2) is 4.99 Å². The molecule has 2 amide bonds. The summed E-state index contributed by atoms with van der Waals surface area (Å²) in [7, 11) is 3.35. The van der Waals surface area contributed by atoms with Crippen LogP contribution in [0.1, 0.15) is 20.8 Å². The Morgan fingerprint density at radius 3 is 2.33 bits per heavy atom. The van der Waals surface area contributed by atoms with E-state index in [0.717, 1.165) is 0 Å². The highest BCUT2D eigenvalue weighted by Crippen LogP contribution is 1.97. The van der Waals surface area contributed by atoms with Gasteiger partial charge in [-0.05, 0) is 20.8 Å². The Hall–Kier alpha value is -2.05. The topological polar surface area (TPSA) is 85.8 Å². The van der Waals surface area contributed by atoms with Crippen molar-refractivity contribution in [1.82, 2.24) is 20.9 Å². The Bertz CT molecular complexity index is 397. The number of carbonyl (C=O) groups excluding carboxylic acids is 2. The molecule has 0 saturated carbocycles. The molecular weight excluding hydrogens is 270 g/mol. The summed E-state index contributed by atoms with van der Waals surface area (Å²) in [6.07, 6.45) is 1.67. The molecule has 0 saturated heterocycles. The molecule has 0 atom stereocenters. The molecule has 0 fully saturated rings. The molecule has 0 radical (unpaired) electrons. The molecule has 0 aromatic rings. The van der Waals surface area contributed by atoms with E-state index >= 15 is 0 Å². The third-order valence-electron chi connectivity index (χ3n) is 2.21. The summed E-state index contributed by atoms with van der Waals surface area (Å²) < 4.78 is 0. The summed E-state index contributed by atoms with van der Waals surface area (Å²) in [5.74, 6) is 0.137. The number of aliphatic imine (C=N–C) groups is 1. The zero-order valence-electron chi connectivity index (χ0n) is 13.6. The first kappa shape index (κ1) is 18.9. The Morgan fingerprint density at radius 1 is 1.24 bits per heavy atom. The molecule has 120 valence electrons. The van der Waals surface area contributed by atoms with Crippen molar-refractivity contribution in [3.05, 3.63) is 12.7 Å². The average Bonchev–Trinajstić information content (AvgIpc) is 2.35. The Balaban J connectivity index is 4.51. The van der Waals surface area contributed by atoms with Crippen molar-refractivity contribution < 1.29 is 9.59 Å². The molecule has 7 heteroatoms. The van der Waals surface area contributed by atoms with Crippen molar-refractivity contribution in [2.45, 2.75) is 26.3 Å². The molecule has 21 heavy (non-hydrogen) atoms. The van der Waals surface area contributed by atoms with Crippen LogP contribution in [0.25, 0.3) is 0 Å². The Morgan fingerprint density at radius 2 is 1.86 bits per heavy atom. The number of amides is 2. The van der Waals surface area contributed by atoms with Gasteiger partial charge in [0.1, 0.15) is 6.54 Å². The lowest BCUT2D eigenvalue weighted by molar-refractivity contribution is -0.127. The van der Waals surface area contributed by atoms with E-state index < -0.39 is 0 Å². The fourth-order valence-corrected chi connectivity index (χ4v) is 1.27. The van der Waals surface area contributed by atoms with Gasteiger partial charge in [0.05, 0.1) is 6.54 Å². The van der Waals surface area contributed by atoms with E-state index in [2.05, 4.69) is 27.5 Å². The number of hydrogen-bond donors (Lipinski definition) is 3. The van der Waals surface area contributed by atoms with E-state index in [1.807, 2.05) is 20.8 Å². The van der Waals surface area contributed by atoms with Gasteiger partial charge in [-0.1, -0.05) is 6.08 Å². The van der Waals surface area contributed by atoms with Crippen LogP contribution in [0.3, 0.4) is 0 Å². The smallest absolute Gasteiger partial charge is 0.242 e. The zero-order chi connectivity index (χ0) is 16.5. The second-order valence-electron chi connectivity index (χ2n) is 5.77. The van der Waals surface area contributed by atoms with Crippen LogP contribution in [0.15, 0.2) is 17.6 Å². The molecule has 0 aliphatic carbocycles. The molecule has 0 bridgehead atoms. The maximum absolute atomic E-state index is 11.7. The van der Waals surface area contributed by atoms with Crippen LogP contribution >= 0.6 is 0 Å². The fourth-order valence-electron chi connectivity index (χ4n) is 1.27. The van der Waals surface area contributed by atoms with E-state index in [-0.39, 0.29) is 30.4 Å². The van der Waals surface area contributed by atoms with Gasteiger partial charge >= 0.3 is 0 Å². The number of likely N-dealkylation sites (N-methyl/N-ethyl adjacent to an activating group) is 1. The second kappa shape index (κ2) is 8.99. The number of guanidine groups is 1. The predicted molar refractivity (Wildman–Crippen MR) is 85.1 cm³/mol. The number of carbonyl (C=O) groups is 2. The van der Waals surface area contributed by atoms with Crippen LogP contribution in [-0.2, 0) is 9.59 Å². The summed E-state index contributed by atoms with van der Waals surface area (Å²) in [6, 6.07) is 0. The van der Waals surface area contributed by atoms with Gasteiger partial charge in [-0.15, -0.1) is 6.58 Å². The van der Waals surface area contributed by atoms with E-state index in [9.17, 15) is 9.59 Å². The highest BCUT2D eigenvalue weighted by molar-refractivity contribution is 5.88. The maximum Gasteiger partial charge on any atom is 0.242 e. The van der Waals surface area contributed by atoms with E-state index in [1.165, 1.54) is 4.90 Å². The first-order chi connectivity index (χ1) is 9.65. The van der Waals surface area contributed by atoms with Crippen LogP contribution in [0.2, 0.25) is 0 Å². The SMILES string of the molecule is C=CCNC(=NCC(=O)NC(C)(C)C)NCC(=O)N(C)C. The number of hydrogen-bond acceptors (Lipinski definition) is 3. The quantitative estimate of drug-likeness (QED) is 0.357.